The van der Waals surface area contributed by atoms with Gasteiger partial charge in [-0.05, 0) is 24.7 Å². The van der Waals surface area contributed by atoms with Gasteiger partial charge in [0.1, 0.15) is 12.1 Å². The van der Waals surface area contributed by atoms with Gasteiger partial charge >= 0.3 is 11.9 Å². The molecule has 0 rings (SSSR count). The van der Waals surface area contributed by atoms with Gasteiger partial charge < -0.3 is 0 Å². The van der Waals surface area contributed by atoms with Gasteiger partial charge in [0.2, 0.25) is 0 Å². The van der Waals surface area contributed by atoms with Crippen LogP contribution in [0.1, 0.15) is 40.5 Å². The average Bonchev–Trinajstić information content (AvgIpc) is 2.38. The minimum Gasteiger partial charge on any atom is -0.253 e. The van der Waals surface area contributed by atoms with Crippen LogP contribution in [0.5, 0.6) is 0 Å². The highest BCUT2D eigenvalue weighted by atomic mass is 32.1. The molecule has 0 unspecified atom stereocenters. The van der Waals surface area contributed by atoms with Crippen molar-refractivity contribution in [2.75, 3.05) is 0 Å². The second kappa shape index (κ2) is 10.3. The number of hydrogen-bond donors (Lipinski definition) is 4. The van der Waals surface area contributed by atoms with Gasteiger partial charge in [-0.2, -0.15) is 0 Å². The Hall–Kier alpha value is -0.440. The predicted molar refractivity (Wildman–Crippen MR) is 82.9 cm³/mol. The fourth-order valence-corrected chi connectivity index (χ4v) is 1.97. The van der Waals surface area contributed by atoms with Crippen LogP contribution < -0.4 is 9.44 Å². The molecule has 0 saturated heterocycles. The molecule has 6 nitrogen and oxygen atoms in total. The molecule has 2 N–H and O–H groups in total. The van der Waals surface area contributed by atoms with E-state index >= 15 is 0 Å². The van der Waals surface area contributed by atoms with Gasteiger partial charge in [0, 0.05) is 0 Å². The zero-order valence-electron chi connectivity index (χ0n) is 12.3. The molecule has 0 aromatic rings. The first-order valence-electron chi connectivity index (χ1n) is 6.53. The molecule has 0 spiro atoms. The first-order chi connectivity index (χ1) is 9.31. The van der Waals surface area contributed by atoms with Crippen molar-refractivity contribution in [2.24, 2.45) is 11.8 Å². The summed E-state index contributed by atoms with van der Waals surface area (Å²) in [6, 6.07) is -1.25. The van der Waals surface area contributed by atoms with Gasteiger partial charge in [0.15, 0.2) is 0 Å². The van der Waals surface area contributed by atoms with Crippen LogP contribution in [0.3, 0.4) is 0 Å². The summed E-state index contributed by atoms with van der Waals surface area (Å²) < 4.78 is 5.06. The molecule has 118 valence electrons. The Morgan fingerprint density at radius 1 is 0.850 bits per heavy atom. The van der Waals surface area contributed by atoms with Crippen LogP contribution in [-0.2, 0) is 19.4 Å². The van der Waals surface area contributed by atoms with Gasteiger partial charge in [0.25, 0.3) is 0 Å². The molecule has 0 amide bonds. The Morgan fingerprint density at radius 2 is 1.15 bits per heavy atom. The lowest BCUT2D eigenvalue weighted by Gasteiger charge is -2.17. The second-order valence-corrected chi connectivity index (χ2v) is 5.94. The summed E-state index contributed by atoms with van der Waals surface area (Å²) in [6.07, 6.45) is 1.06. The molecule has 0 heterocycles. The molecular formula is C12H24N2O4S2. The van der Waals surface area contributed by atoms with Gasteiger partial charge in [0.05, 0.1) is 0 Å². The third-order valence-electron chi connectivity index (χ3n) is 2.50. The van der Waals surface area contributed by atoms with Crippen LogP contribution in [0.4, 0.5) is 0 Å². The molecular weight excluding hydrogens is 300 g/mol. The molecule has 0 aromatic heterocycles. The summed E-state index contributed by atoms with van der Waals surface area (Å²) in [4.78, 5) is 32.5. The van der Waals surface area contributed by atoms with Gasteiger partial charge in [-0.1, -0.05) is 53.3 Å². The Balaban J connectivity index is 4.30. The van der Waals surface area contributed by atoms with E-state index in [4.69, 9.17) is 0 Å². The minimum atomic E-state index is -0.676. The van der Waals surface area contributed by atoms with E-state index in [-0.39, 0.29) is 11.8 Å². The van der Waals surface area contributed by atoms with E-state index in [0.717, 1.165) is 0 Å². The molecule has 0 aromatic carbocycles. The van der Waals surface area contributed by atoms with Crippen LogP contribution in [0.25, 0.3) is 0 Å². The van der Waals surface area contributed by atoms with Crippen molar-refractivity contribution in [3.8, 4) is 0 Å². The normalized spacial score (nSPS) is 14.2. The summed E-state index contributed by atoms with van der Waals surface area (Å²) in [5.74, 6) is -0.805. The monoisotopic (exact) mass is 324 g/mol. The Kier molecular flexibility index (Phi) is 10.1. The topological polar surface area (TPSA) is 76.7 Å². The standard InChI is InChI=1S/C12H24N2O4S2/c1-7(2)5-9(13-19)11(15)17-18-12(16)10(14-20)6-8(3)4/h7-10,13-14,19-20H,5-6H2,1-4H3/t9-,10-/m0/s1. The van der Waals surface area contributed by atoms with Gasteiger partial charge in [-0.25, -0.2) is 19.4 Å². The fourth-order valence-electron chi connectivity index (χ4n) is 1.54. The van der Waals surface area contributed by atoms with Gasteiger partial charge in [-0.15, -0.1) is 0 Å². The zero-order valence-corrected chi connectivity index (χ0v) is 14.0. The second-order valence-electron chi connectivity index (χ2n) is 5.43. The number of nitrogens with one attached hydrogen (secondary N) is 2. The van der Waals surface area contributed by atoms with Crippen molar-refractivity contribution in [3.63, 3.8) is 0 Å². The number of rotatable bonds is 8. The van der Waals surface area contributed by atoms with Crippen molar-refractivity contribution < 1.29 is 19.4 Å². The number of carbonyl (C=O) groups is 2. The van der Waals surface area contributed by atoms with E-state index in [0.29, 0.717) is 12.8 Å². The molecule has 20 heavy (non-hydrogen) atoms. The highest BCUT2D eigenvalue weighted by Gasteiger charge is 2.26. The summed E-state index contributed by atoms with van der Waals surface area (Å²) in [5.41, 5.74) is 0. The number of carbonyl (C=O) groups excluding carboxylic acids is 2. The maximum atomic E-state index is 11.7. The summed E-state index contributed by atoms with van der Waals surface area (Å²) in [5, 5.41) is 0. The zero-order chi connectivity index (χ0) is 15.7. The lowest BCUT2D eigenvalue weighted by atomic mass is 10.1. The Bertz CT molecular complexity index is 284. The predicted octanol–water partition coefficient (Wildman–Crippen LogP) is 1.69. The molecule has 0 saturated carbocycles. The molecule has 8 heteroatoms. The number of thiol groups is 2. The fraction of sp³-hybridized carbons (Fsp3) is 0.833. The lowest BCUT2D eigenvalue weighted by molar-refractivity contribution is -0.261. The lowest BCUT2D eigenvalue weighted by Crippen LogP contribution is -2.38. The summed E-state index contributed by atoms with van der Waals surface area (Å²) in [7, 11) is 0. The third-order valence-corrected chi connectivity index (χ3v) is 3.12. The molecule has 0 radical (unpaired) electrons. The van der Waals surface area contributed by atoms with E-state index in [1.165, 1.54) is 0 Å². The number of hydrogen-bond acceptors (Lipinski definition) is 8. The SMILES string of the molecule is CC(C)C[C@H](NS)C(=O)OOC(=O)[C@H](CC(C)C)NS. The van der Waals surface area contributed by atoms with Crippen molar-refractivity contribution in [1.29, 1.82) is 0 Å². The van der Waals surface area contributed by atoms with Crippen molar-refractivity contribution in [3.05, 3.63) is 0 Å². The van der Waals surface area contributed by atoms with Crippen molar-refractivity contribution in [1.82, 2.24) is 9.44 Å². The maximum Gasteiger partial charge on any atom is 0.373 e. The molecule has 0 aliphatic carbocycles. The van der Waals surface area contributed by atoms with Crippen LogP contribution >= 0.6 is 25.6 Å². The van der Waals surface area contributed by atoms with Crippen LogP contribution in [0.2, 0.25) is 0 Å². The van der Waals surface area contributed by atoms with Crippen molar-refractivity contribution in [2.45, 2.75) is 52.6 Å². The largest absolute Gasteiger partial charge is 0.373 e. The molecule has 0 fully saturated rings. The van der Waals surface area contributed by atoms with E-state index in [1.807, 2.05) is 27.7 Å². The highest BCUT2D eigenvalue weighted by molar-refractivity contribution is 7.78. The highest BCUT2D eigenvalue weighted by Crippen LogP contribution is 2.09. The van der Waals surface area contributed by atoms with E-state index in [9.17, 15) is 9.59 Å². The average molecular weight is 324 g/mol. The molecule has 0 aliphatic rings. The van der Waals surface area contributed by atoms with Crippen LogP contribution in [0.15, 0.2) is 0 Å². The summed E-state index contributed by atoms with van der Waals surface area (Å²) in [6.45, 7) is 7.84. The van der Waals surface area contributed by atoms with E-state index in [2.05, 4.69) is 44.8 Å². The Labute approximate surface area is 131 Å². The first-order valence-corrected chi connectivity index (χ1v) is 7.42. The molecule has 0 bridgehead atoms. The molecule has 0 aliphatic heterocycles. The maximum absolute atomic E-state index is 11.7. The minimum absolute atomic E-state index is 0.274. The van der Waals surface area contributed by atoms with Gasteiger partial charge in [-0.3, -0.25) is 9.44 Å². The van der Waals surface area contributed by atoms with Crippen LogP contribution in [0, 0.1) is 11.8 Å². The molecule has 2 atom stereocenters. The van der Waals surface area contributed by atoms with E-state index < -0.39 is 24.0 Å². The summed E-state index contributed by atoms with van der Waals surface area (Å²) >= 11 is 7.73. The quantitative estimate of drug-likeness (QED) is 0.309. The van der Waals surface area contributed by atoms with Crippen molar-refractivity contribution >= 4 is 37.6 Å². The first kappa shape index (κ1) is 19.6. The van der Waals surface area contributed by atoms with E-state index in [1.54, 1.807) is 0 Å². The third kappa shape index (κ3) is 7.98. The Morgan fingerprint density at radius 3 is 1.35 bits per heavy atom. The van der Waals surface area contributed by atoms with Crippen LogP contribution in [-0.4, -0.2) is 24.0 Å². The smallest absolute Gasteiger partial charge is 0.253 e.